The highest BCUT2D eigenvalue weighted by molar-refractivity contribution is 5.46. The van der Waals surface area contributed by atoms with Gasteiger partial charge in [0.2, 0.25) is 0 Å². The molecule has 0 spiro atoms. The van der Waals surface area contributed by atoms with Crippen molar-refractivity contribution in [3.05, 3.63) is 28.8 Å². The molecule has 0 saturated carbocycles. The van der Waals surface area contributed by atoms with Gasteiger partial charge in [0.15, 0.2) is 0 Å². The molecule has 1 N–H and O–H groups in total. The van der Waals surface area contributed by atoms with Crippen molar-refractivity contribution >= 4 is 0 Å². The predicted octanol–water partition coefficient (Wildman–Crippen LogP) is 3.01. The molecule has 1 aromatic rings. The van der Waals surface area contributed by atoms with Gasteiger partial charge in [0.25, 0.3) is 0 Å². The molecule has 1 saturated heterocycles. The number of likely N-dealkylation sites (tertiary alicyclic amines) is 1. The van der Waals surface area contributed by atoms with Gasteiger partial charge in [0.05, 0.1) is 12.7 Å². The van der Waals surface area contributed by atoms with Gasteiger partial charge in [-0.15, -0.1) is 0 Å². The Morgan fingerprint density at radius 3 is 2.65 bits per heavy atom. The van der Waals surface area contributed by atoms with E-state index in [0.717, 1.165) is 55.8 Å². The largest absolute Gasteiger partial charge is 0.496 e. The molecular formula is C17H27NO2. The predicted molar refractivity (Wildman–Crippen MR) is 82.3 cm³/mol. The highest BCUT2D eigenvalue weighted by Gasteiger charge is 2.35. The van der Waals surface area contributed by atoms with Gasteiger partial charge >= 0.3 is 0 Å². The number of ether oxygens (including phenoxy) is 1. The first-order valence-corrected chi connectivity index (χ1v) is 7.60. The minimum Gasteiger partial charge on any atom is -0.496 e. The summed E-state index contributed by atoms with van der Waals surface area (Å²) in [5.74, 6) is 0.829. The summed E-state index contributed by atoms with van der Waals surface area (Å²) >= 11 is 0. The van der Waals surface area contributed by atoms with Crippen LogP contribution in [0, 0.1) is 13.8 Å². The Labute approximate surface area is 122 Å². The lowest BCUT2D eigenvalue weighted by Gasteiger charge is -2.31. The molecule has 2 rings (SSSR count). The van der Waals surface area contributed by atoms with Gasteiger partial charge in [-0.3, -0.25) is 0 Å². The lowest BCUT2D eigenvalue weighted by molar-refractivity contribution is 0.0185. The normalized spacial score (nSPS) is 24.4. The maximum Gasteiger partial charge on any atom is 0.125 e. The van der Waals surface area contributed by atoms with Crippen LogP contribution in [0.1, 0.15) is 42.9 Å². The molecule has 3 nitrogen and oxygen atoms in total. The molecule has 0 aromatic heterocycles. The fourth-order valence-corrected chi connectivity index (χ4v) is 3.43. The summed E-state index contributed by atoms with van der Waals surface area (Å²) < 4.78 is 5.55. The van der Waals surface area contributed by atoms with E-state index >= 15 is 0 Å². The Balaban J connectivity index is 2.38. The van der Waals surface area contributed by atoms with E-state index < -0.39 is 5.60 Å². The molecule has 1 aliphatic rings. The minimum atomic E-state index is -0.757. The van der Waals surface area contributed by atoms with Gasteiger partial charge in [-0.05, 0) is 63.4 Å². The number of benzene rings is 1. The first kappa shape index (κ1) is 15.3. The Morgan fingerprint density at radius 1 is 1.25 bits per heavy atom. The molecule has 0 radical (unpaired) electrons. The zero-order valence-corrected chi connectivity index (χ0v) is 13.2. The highest BCUT2D eigenvalue weighted by atomic mass is 16.5. The molecule has 0 bridgehead atoms. The smallest absolute Gasteiger partial charge is 0.125 e. The van der Waals surface area contributed by atoms with Crippen LogP contribution in [0.4, 0.5) is 0 Å². The van der Waals surface area contributed by atoms with Crippen molar-refractivity contribution in [3.8, 4) is 5.75 Å². The molecule has 0 amide bonds. The second kappa shape index (κ2) is 6.15. The van der Waals surface area contributed by atoms with E-state index in [1.165, 1.54) is 5.56 Å². The quantitative estimate of drug-likeness (QED) is 0.922. The number of nitrogens with zero attached hydrogens (tertiary/aromatic N) is 1. The van der Waals surface area contributed by atoms with Crippen LogP contribution >= 0.6 is 0 Å². The monoisotopic (exact) mass is 277 g/mol. The van der Waals surface area contributed by atoms with Crippen LogP contribution < -0.4 is 4.74 Å². The van der Waals surface area contributed by atoms with E-state index in [1.807, 2.05) is 6.07 Å². The van der Waals surface area contributed by atoms with E-state index in [-0.39, 0.29) is 0 Å². The summed E-state index contributed by atoms with van der Waals surface area (Å²) in [6.07, 6.45) is 2.62. The first-order chi connectivity index (χ1) is 9.50. The van der Waals surface area contributed by atoms with Crippen LogP contribution in [-0.4, -0.2) is 36.8 Å². The average Bonchev–Trinajstić information content (AvgIpc) is 2.59. The topological polar surface area (TPSA) is 32.7 Å². The lowest BCUT2D eigenvalue weighted by Crippen LogP contribution is -2.30. The van der Waals surface area contributed by atoms with Crippen LogP contribution in [0.3, 0.4) is 0 Å². The minimum absolute atomic E-state index is 0.757. The molecule has 20 heavy (non-hydrogen) atoms. The van der Waals surface area contributed by atoms with Crippen molar-refractivity contribution < 1.29 is 9.84 Å². The van der Waals surface area contributed by atoms with Crippen molar-refractivity contribution in [2.45, 2.75) is 45.6 Å². The van der Waals surface area contributed by atoms with Crippen LogP contribution in [0.2, 0.25) is 0 Å². The van der Waals surface area contributed by atoms with Crippen molar-refractivity contribution in [3.63, 3.8) is 0 Å². The van der Waals surface area contributed by atoms with Crippen molar-refractivity contribution in [2.24, 2.45) is 0 Å². The summed E-state index contributed by atoms with van der Waals surface area (Å²) in [5, 5.41) is 11.2. The number of rotatable bonds is 3. The number of hydrogen-bond donors (Lipinski definition) is 1. The maximum atomic E-state index is 11.2. The highest BCUT2D eigenvalue weighted by Crippen LogP contribution is 2.40. The van der Waals surface area contributed by atoms with Gasteiger partial charge < -0.3 is 14.7 Å². The first-order valence-electron chi connectivity index (χ1n) is 7.60. The fourth-order valence-electron chi connectivity index (χ4n) is 3.43. The third-order valence-electron chi connectivity index (χ3n) is 4.48. The van der Waals surface area contributed by atoms with Crippen molar-refractivity contribution in [1.82, 2.24) is 4.90 Å². The van der Waals surface area contributed by atoms with E-state index in [4.69, 9.17) is 4.74 Å². The Bertz CT molecular complexity index is 472. The second-order valence-electron chi connectivity index (χ2n) is 5.98. The van der Waals surface area contributed by atoms with Crippen LogP contribution in [0.25, 0.3) is 0 Å². The van der Waals surface area contributed by atoms with Gasteiger partial charge in [-0.1, -0.05) is 13.0 Å². The molecule has 0 aliphatic carbocycles. The summed E-state index contributed by atoms with van der Waals surface area (Å²) in [5.41, 5.74) is 2.54. The SMILES string of the molecule is CCN1CCCC(O)(c2c(C)cc(C)cc2OC)CC1. The fraction of sp³-hybridized carbons (Fsp3) is 0.647. The van der Waals surface area contributed by atoms with Gasteiger partial charge in [0.1, 0.15) is 5.75 Å². The third kappa shape index (κ3) is 2.99. The van der Waals surface area contributed by atoms with E-state index in [2.05, 4.69) is 31.7 Å². The molecule has 1 unspecified atom stereocenters. The van der Waals surface area contributed by atoms with Crippen LogP contribution in [0.5, 0.6) is 5.75 Å². The van der Waals surface area contributed by atoms with Crippen molar-refractivity contribution in [2.75, 3.05) is 26.7 Å². The van der Waals surface area contributed by atoms with Gasteiger partial charge in [-0.2, -0.15) is 0 Å². The van der Waals surface area contributed by atoms with E-state index in [9.17, 15) is 5.11 Å². The zero-order valence-electron chi connectivity index (χ0n) is 13.2. The molecular weight excluding hydrogens is 250 g/mol. The standard InChI is InChI=1S/C17H27NO2/c1-5-18-9-6-7-17(19,8-10-18)16-14(3)11-13(2)12-15(16)20-4/h11-12,19H,5-10H2,1-4H3. The molecule has 1 fully saturated rings. The maximum absolute atomic E-state index is 11.2. The van der Waals surface area contributed by atoms with Crippen LogP contribution in [-0.2, 0) is 5.60 Å². The van der Waals surface area contributed by atoms with Crippen molar-refractivity contribution in [1.29, 1.82) is 0 Å². The molecule has 3 heteroatoms. The summed E-state index contributed by atoms with van der Waals surface area (Å²) in [6, 6.07) is 4.17. The zero-order chi connectivity index (χ0) is 14.8. The summed E-state index contributed by atoms with van der Waals surface area (Å²) in [7, 11) is 1.69. The number of aliphatic hydroxyl groups is 1. The van der Waals surface area contributed by atoms with Gasteiger partial charge in [0, 0.05) is 12.1 Å². The third-order valence-corrected chi connectivity index (χ3v) is 4.48. The Morgan fingerprint density at radius 2 is 2.00 bits per heavy atom. The second-order valence-corrected chi connectivity index (χ2v) is 5.98. The number of hydrogen-bond acceptors (Lipinski definition) is 3. The Hall–Kier alpha value is -1.06. The van der Waals surface area contributed by atoms with Gasteiger partial charge in [-0.25, -0.2) is 0 Å². The number of methoxy groups -OCH3 is 1. The molecule has 1 heterocycles. The number of aryl methyl sites for hydroxylation is 2. The summed E-state index contributed by atoms with van der Waals surface area (Å²) in [6.45, 7) is 9.40. The summed E-state index contributed by atoms with van der Waals surface area (Å²) in [4.78, 5) is 2.41. The molecule has 1 aliphatic heterocycles. The van der Waals surface area contributed by atoms with E-state index in [0.29, 0.717) is 0 Å². The molecule has 1 aromatic carbocycles. The molecule has 1 atom stereocenters. The Kier molecular flexibility index (Phi) is 4.71. The van der Waals surface area contributed by atoms with E-state index in [1.54, 1.807) is 7.11 Å². The lowest BCUT2D eigenvalue weighted by atomic mass is 9.83. The average molecular weight is 277 g/mol. The van der Waals surface area contributed by atoms with Crippen LogP contribution in [0.15, 0.2) is 12.1 Å². The molecule has 112 valence electrons.